The molecule has 0 unspecified atom stereocenters. The van der Waals surface area contributed by atoms with Crippen LogP contribution in [0.3, 0.4) is 0 Å². The number of rotatable bonds is 0. The molecule has 2 aromatic rings. The molecule has 1 heterocycles. The van der Waals surface area contributed by atoms with Gasteiger partial charge in [0.25, 0.3) is 0 Å². The number of nitrogens with one attached hydrogen (secondary N) is 1. The van der Waals surface area contributed by atoms with Crippen LogP contribution in [0.4, 0.5) is 5.95 Å². The Bertz CT molecular complexity index is 475. The lowest BCUT2D eigenvalue weighted by Crippen LogP contribution is -1.94. The molecule has 4 heteroatoms. The molecule has 0 saturated heterocycles. The quantitative estimate of drug-likeness (QED) is 0.604. The van der Waals surface area contributed by atoms with Crippen LogP contribution in [0.25, 0.3) is 10.9 Å². The Labute approximate surface area is 74.3 Å². The lowest BCUT2D eigenvalue weighted by molar-refractivity contribution is 1.22. The van der Waals surface area contributed by atoms with Crippen molar-refractivity contribution < 1.29 is 0 Å². The maximum Gasteiger partial charge on any atom is 0.199 e. The van der Waals surface area contributed by atoms with Crippen molar-refractivity contribution in [1.82, 2.24) is 9.97 Å². The number of aromatic nitrogens is 2. The minimum Gasteiger partial charge on any atom is -0.369 e. The van der Waals surface area contributed by atoms with E-state index in [1.165, 1.54) is 0 Å². The summed E-state index contributed by atoms with van der Waals surface area (Å²) in [6.07, 6.45) is 0. The Morgan fingerprint density at radius 3 is 2.92 bits per heavy atom. The van der Waals surface area contributed by atoms with Gasteiger partial charge in [0.05, 0.1) is 5.52 Å². The SMILES string of the molecule is Nc1nc(=S)c2ccccc2[nH]1. The second-order valence-electron chi connectivity index (χ2n) is 2.47. The topological polar surface area (TPSA) is 54.7 Å². The molecule has 3 nitrogen and oxygen atoms in total. The van der Waals surface area contributed by atoms with Gasteiger partial charge in [0.15, 0.2) is 5.95 Å². The second kappa shape index (κ2) is 2.57. The molecule has 0 fully saturated rings. The van der Waals surface area contributed by atoms with Crippen molar-refractivity contribution in [2.75, 3.05) is 5.73 Å². The summed E-state index contributed by atoms with van der Waals surface area (Å²) < 4.78 is 0.543. The van der Waals surface area contributed by atoms with Crippen molar-refractivity contribution in [2.45, 2.75) is 0 Å². The maximum absolute atomic E-state index is 5.49. The monoisotopic (exact) mass is 177 g/mol. The van der Waals surface area contributed by atoms with Crippen molar-refractivity contribution in [3.63, 3.8) is 0 Å². The second-order valence-corrected chi connectivity index (χ2v) is 2.86. The molecule has 0 radical (unpaired) electrons. The Balaban J connectivity index is 2.99. The predicted molar refractivity (Wildman–Crippen MR) is 51.3 cm³/mol. The lowest BCUT2D eigenvalue weighted by Gasteiger charge is -1.98. The third-order valence-corrected chi connectivity index (χ3v) is 1.95. The highest BCUT2D eigenvalue weighted by molar-refractivity contribution is 7.71. The van der Waals surface area contributed by atoms with Gasteiger partial charge in [0.1, 0.15) is 4.64 Å². The molecule has 0 saturated carbocycles. The first-order valence-corrected chi connectivity index (χ1v) is 3.93. The van der Waals surface area contributed by atoms with E-state index in [0.29, 0.717) is 10.6 Å². The molecule has 3 N–H and O–H groups in total. The van der Waals surface area contributed by atoms with Crippen molar-refractivity contribution >= 4 is 29.1 Å². The highest BCUT2D eigenvalue weighted by atomic mass is 32.1. The number of benzene rings is 1. The number of nitrogens with zero attached hydrogens (tertiary/aromatic N) is 1. The number of para-hydroxylation sites is 1. The van der Waals surface area contributed by atoms with Gasteiger partial charge >= 0.3 is 0 Å². The molecule has 0 aliphatic rings. The molecule has 1 aromatic heterocycles. The van der Waals surface area contributed by atoms with Crippen LogP contribution in [0.1, 0.15) is 0 Å². The Hall–Kier alpha value is -1.42. The van der Waals surface area contributed by atoms with Gasteiger partial charge in [-0.2, -0.15) is 0 Å². The van der Waals surface area contributed by atoms with Crippen LogP contribution in [-0.2, 0) is 0 Å². The van der Waals surface area contributed by atoms with Crippen LogP contribution in [0.5, 0.6) is 0 Å². The van der Waals surface area contributed by atoms with Gasteiger partial charge in [-0.3, -0.25) is 0 Å². The van der Waals surface area contributed by atoms with Crippen LogP contribution in [0.15, 0.2) is 24.3 Å². The molecule has 0 aliphatic carbocycles. The third kappa shape index (κ3) is 1.06. The van der Waals surface area contributed by atoms with E-state index in [4.69, 9.17) is 18.0 Å². The standard InChI is InChI=1S/C8H7N3S/c9-8-10-6-4-2-1-3-5(6)7(12)11-8/h1-4H,(H3,9,10,11,12). The van der Waals surface area contributed by atoms with Crippen LogP contribution in [0, 0.1) is 4.64 Å². The summed E-state index contributed by atoms with van der Waals surface area (Å²) in [5.41, 5.74) is 6.42. The maximum atomic E-state index is 5.49. The zero-order valence-electron chi connectivity index (χ0n) is 6.24. The van der Waals surface area contributed by atoms with E-state index < -0.39 is 0 Å². The third-order valence-electron chi connectivity index (χ3n) is 1.64. The normalized spacial score (nSPS) is 10.3. The van der Waals surface area contributed by atoms with Gasteiger partial charge in [-0.1, -0.05) is 24.4 Å². The van der Waals surface area contributed by atoms with Crippen molar-refractivity contribution in [3.8, 4) is 0 Å². The van der Waals surface area contributed by atoms with E-state index in [1.54, 1.807) is 0 Å². The number of anilines is 1. The molecule has 0 atom stereocenters. The van der Waals surface area contributed by atoms with E-state index >= 15 is 0 Å². The fourth-order valence-electron chi connectivity index (χ4n) is 1.11. The first kappa shape index (κ1) is 7.24. The number of nitrogen functional groups attached to an aromatic ring is 1. The van der Waals surface area contributed by atoms with Gasteiger partial charge in [0.2, 0.25) is 0 Å². The van der Waals surface area contributed by atoms with Crippen molar-refractivity contribution in [1.29, 1.82) is 0 Å². The Morgan fingerprint density at radius 1 is 1.33 bits per heavy atom. The fraction of sp³-hybridized carbons (Fsp3) is 0. The number of hydrogen-bond donors (Lipinski definition) is 2. The van der Waals surface area contributed by atoms with Crippen LogP contribution in [-0.4, -0.2) is 9.97 Å². The highest BCUT2D eigenvalue weighted by Gasteiger charge is 1.95. The number of nitrogens with two attached hydrogens (primary N) is 1. The van der Waals surface area contributed by atoms with Crippen LogP contribution in [0.2, 0.25) is 0 Å². The largest absolute Gasteiger partial charge is 0.369 e. The zero-order chi connectivity index (χ0) is 8.55. The fourth-order valence-corrected chi connectivity index (χ4v) is 1.39. The summed E-state index contributed by atoms with van der Waals surface area (Å²) in [7, 11) is 0. The summed E-state index contributed by atoms with van der Waals surface area (Å²) in [4.78, 5) is 6.87. The summed E-state index contributed by atoms with van der Waals surface area (Å²) in [6, 6.07) is 7.68. The minimum atomic E-state index is 0.360. The van der Waals surface area contributed by atoms with Crippen molar-refractivity contribution in [3.05, 3.63) is 28.9 Å². The first-order valence-electron chi connectivity index (χ1n) is 3.52. The molecule has 0 bridgehead atoms. The summed E-state index contributed by atoms with van der Waals surface area (Å²) >= 11 is 5.03. The van der Waals surface area contributed by atoms with E-state index in [9.17, 15) is 0 Å². The van der Waals surface area contributed by atoms with Gasteiger partial charge in [-0.05, 0) is 12.1 Å². The molecule has 2 rings (SSSR count). The average molecular weight is 177 g/mol. The molecule has 60 valence electrons. The van der Waals surface area contributed by atoms with E-state index in [1.807, 2.05) is 24.3 Å². The Morgan fingerprint density at radius 2 is 2.08 bits per heavy atom. The lowest BCUT2D eigenvalue weighted by atomic mass is 10.2. The predicted octanol–water partition coefficient (Wildman–Crippen LogP) is 1.87. The summed E-state index contributed by atoms with van der Waals surface area (Å²) in [6.45, 7) is 0. The molecule has 0 spiro atoms. The number of hydrogen-bond acceptors (Lipinski definition) is 3. The van der Waals surface area contributed by atoms with Gasteiger partial charge in [0, 0.05) is 5.39 Å². The van der Waals surface area contributed by atoms with E-state index in [-0.39, 0.29) is 0 Å². The van der Waals surface area contributed by atoms with Crippen LogP contribution < -0.4 is 5.73 Å². The van der Waals surface area contributed by atoms with Crippen molar-refractivity contribution in [2.24, 2.45) is 0 Å². The smallest absolute Gasteiger partial charge is 0.199 e. The number of aromatic amines is 1. The zero-order valence-corrected chi connectivity index (χ0v) is 7.06. The Kier molecular flexibility index (Phi) is 1.55. The minimum absolute atomic E-state index is 0.360. The van der Waals surface area contributed by atoms with Crippen LogP contribution >= 0.6 is 12.2 Å². The molecular weight excluding hydrogens is 170 g/mol. The molecular formula is C8H7N3S. The number of H-pyrrole nitrogens is 1. The highest BCUT2D eigenvalue weighted by Crippen LogP contribution is 2.11. The van der Waals surface area contributed by atoms with Gasteiger partial charge in [-0.25, -0.2) is 4.98 Å². The van der Waals surface area contributed by atoms with Gasteiger partial charge in [-0.15, -0.1) is 0 Å². The van der Waals surface area contributed by atoms with E-state index in [0.717, 1.165) is 10.9 Å². The summed E-state index contributed by atoms with van der Waals surface area (Å²) in [5.74, 6) is 0.360. The van der Waals surface area contributed by atoms with Gasteiger partial charge < -0.3 is 10.7 Å². The average Bonchev–Trinajstić information content (AvgIpc) is 2.04. The molecule has 12 heavy (non-hydrogen) atoms. The number of fused-ring (bicyclic) bond motifs is 1. The molecule has 0 amide bonds. The van der Waals surface area contributed by atoms with E-state index in [2.05, 4.69) is 9.97 Å². The molecule has 1 aromatic carbocycles. The molecule has 0 aliphatic heterocycles. The first-order chi connectivity index (χ1) is 5.77. The summed E-state index contributed by atoms with van der Waals surface area (Å²) in [5, 5.41) is 0.932.